The van der Waals surface area contributed by atoms with Gasteiger partial charge in [-0.05, 0) is 77.8 Å². The molecule has 0 radical (unpaired) electrons. The maximum Gasteiger partial charge on any atom is 0.264 e. The van der Waals surface area contributed by atoms with Crippen LogP contribution < -0.4 is 15.5 Å². The first-order valence-corrected chi connectivity index (χ1v) is 25.4. The summed E-state index contributed by atoms with van der Waals surface area (Å²) >= 11 is 0. The van der Waals surface area contributed by atoms with Crippen LogP contribution in [0.5, 0.6) is 0 Å². The molecule has 7 aromatic rings. The average molecular weight is 903 g/mol. The Bertz CT molecular complexity index is 2930. The van der Waals surface area contributed by atoms with Gasteiger partial charge < -0.3 is 45.0 Å². The molecule has 9 rings (SSSR count). The van der Waals surface area contributed by atoms with Crippen LogP contribution in [0.4, 0.5) is 17.1 Å². The Morgan fingerprint density at radius 3 is 1.95 bits per heavy atom. The van der Waals surface area contributed by atoms with Crippen molar-refractivity contribution in [3.05, 3.63) is 162 Å². The molecule has 1 saturated heterocycles. The molecule has 0 aliphatic carbocycles. The maximum absolute atomic E-state index is 15.4. The first kappa shape index (κ1) is 44.4. The van der Waals surface area contributed by atoms with Crippen LogP contribution in [0.3, 0.4) is 0 Å². The second-order valence-corrected chi connectivity index (χ2v) is 22.1. The fourth-order valence-electron chi connectivity index (χ4n) is 10.2. The zero-order chi connectivity index (χ0) is 46.2. The van der Waals surface area contributed by atoms with Crippen LogP contribution in [0.1, 0.15) is 41.2 Å². The number of anilines is 3. The van der Waals surface area contributed by atoms with Crippen molar-refractivity contribution in [3.8, 4) is 0 Å². The van der Waals surface area contributed by atoms with Gasteiger partial charge in [-0.25, -0.2) is 0 Å². The number of fused-ring (bicyclic) bond motifs is 4. The number of aliphatic hydroxyl groups is 1. The van der Waals surface area contributed by atoms with Crippen molar-refractivity contribution in [2.75, 3.05) is 28.7 Å². The number of para-hydroxylation sites is 2. The Morgan fingerprint density at radius 1 is 0.773 bits per heavy atom. The molecule has 338 valence electrons. The van der Waals surface area contributed by atoms with Crippen LogP contribution in [0, 0.1) is 5.92 Å². The highest BCUT2D eigenvalue weighted by Gasteiger charge is 2.66. The van der Waals surface area contributed by atoms with Crippen molar-refractivity contribution >= 4 is 70.8 Å². The van der Waals surface area contributed by atoms with E-state index in [1.54, 1.807) is 21.9 Å². The minimum Gasteiger partial charge on any atom is -0.432 e. The third-order valence-electron chi connectivity index (χ3n) is 13.2. The number of ether oxygens (including phenoxy) is 1. The van der Waals surface area contributed by atoms with E-state index in [2.05, 4.69) is 20.6 Å². The summed E-state index contributed by atoms with van der Waals surface area (Å²) < 4.78 is 7.05. The minimum absolute atomic E-state index is 0.107. The second kappa shape index (κ2) is 18.2. The van der Waals surface area contributed by atoms with Crippen LogP contribution in [-0.2, 0) is 55.4 Å². The van der Waals surface area contributed by atoms with Gasteiger partial charge in [-0.2, -0.15) is 0 Å². The van der Waals surface area contributed by atoms with Gasteiger partial charge in [0, 0.05) is 75.7 Å². The number of hydrogen-bond donors (Lipinski definition) is 6. The molecule has 4 heterocycles. The molecule has 1 fully saturated rings. The molecule has 2 aliphatic rings. The van der Waals surface area contributed by atoms with Crippen molar-refractivity contribution in [1.82, 2.24) is 14.9 Å². The molecule has 13 nitrogen and oxygen atoms in total. The predicted octanol–water partition coefficient (Wildman–Crippen LogP) is 7.77. The van der Waals surface area contributed by atoms with Crippen molar-refractivity contribution in [2.24, 2.45) is 5.92 Å². The number of aliphatic hydroxyl groups excluding tert-OH is 1. The van der Waals surface area contributed by atoms with Gasteiger partial charge in [-0.1, -0.05) is 85.8 Å². The van der Waals surface area contributed by atoms with E-state index in [-0.39, 0.29) is 69.1 Å². The van der Waals surface area contributed by atoms with Gasteiger partial charge in [0.15, 0.2) is 13.9 Å². The van der Waals surface area contributed by atoms with Gasteiger partial charge in [0.2, 0.25) is 17.7 Å². The molecule has 6 N–H and O–H groups in total. The lowest BCUT2D eigenvalue weighted by Gasteiger charge is -2.32. The third kappa shape index (κ3) is 8.67. The molecular weight excluding hydrogens is 849 g/mol. The number of amides is 4. The first-order valence-electron chi connectivity index (χ1n) is 22.4. The lowest BCUT2D eigenvalue weighted by Crippen LogP contribution is -2.46. The standard InChI is InChI=1S/C52H54N6O7Si/c1-33-50(66(2,3)64)46(28-49(62)57(23-24-59)31-34-11-5-4-6-12-34)65-52(33)42-27-39(56-48(61)26-37-30-54-44-16-10-8-14-41(37)44)21-22-45(42)58(51(52)63)32-35-17-19-38(20-18-35)55-47(60)25-36-29-53-43-15-9-7-13-40(36)43/h4-22,27,29-30,33,46,50,53-54,59,64H,23-26,28,31-32H2,1-3H3,(H,55,60)(H,56,61)/t33-,46+,50-,52+/m1/s1. The molecule has 2 aliphatic heterocycles. The normalized spacial score (nSPS) is 19.1. The number of carbonyl (C=O) groups excluding carboxylic acids is 4. The fourth-order valence-corrected chi connectivity index (χ4v) is 12.8. The number of aromatic nitrogens is 2. The van der Waals surface area contributed by atoms with E-state index < -0.39 is 31.5 Å². The van der Waals surface area contributed by atoms with Crippen LogP contribution in [0.2, 0.25) is 18.6 Å². The van der Waals surface area contributed by atoms with E-state index in [1.807, 2.05) is 142 Å². The summed E-state index contributed by atoms with van der Waals surface area (Å²) in [6.45, 7) is 5.85. The molecule has 66 heavy (non-hydrogen) atoms. The Balaban J connectivity index is 1.00. The van der Waals surface area contributed by atoms with Gasteiger partial charge in [0.05, 0.1) is 44.2 Å². The molecule has 0 bridgehead atoms. The lowest BCUT2D eigenvalue weighted by molar-refractivity contribution is -0.150. The van der Waals surface area contributed by atoms with Crippen molar-refractivity contribution < 1.29 is 33.8 Å². The van der Waals surface area contributed by atoms with E-state index in [4.69, 9.17) is 4.74 Å². The number of H-pyrrole nitrogens is 2. The summed E-state index contributed by atoms with van der Waals surface area (Å²) in [7, 11) is -3.16. The highest BCUT2D eigenvalue weighted by Crippen LogP contribution is 2.60. The molecule has 0 saturated carbocycles. The molecule has 4 amide bonds. The van der Waals surface area contributed by atoms with Gasteiger partial charge in [-0.3, -0.25) is 19.2 Å². The number of nitrogens with zero attached hydrogens (tertiary/aromatic N) is 2. The summed E-state index contributed by atoms with van der Waals surface area (Å²) in [6, 6.07) is 37.9. The zero-order valence-corrected chi connectivity index (χ0v) is 38.2. The summed E-state index contributed by atoms with van der Waals surface area (Å²) in [5.74, 6) is -1.58. The van der Waals surface area contributed by atoms with Crippen LogP contribution in [0.15, 0.2) is 134 Å². The zero-order valence-electron chi connectivity index (χ0n) is 37.2. The number of carbonyl (C=O) groups is 4. The number of rotatable bonds is 15. The number of nitrogens with one attached hydrogen (secondary N) is 4. The largest absolute Gasteiger partial charge is 0.432 e. The van der Waals surface area contributed by atoms with Crippen LogP contribution >= 0.6 is 0 Å². The topological polar surface area (TPSA) is 180 Å². The van der Waals surface area contributed by atoms with Gasteiger partial charge >= 0.3 is 0 Å². The van der Waals surface area contributed by atoms with Gasteiger partial charge in [0.25, 0.3) is 5.91 Å². The lowest BCUT2D eigenvalue weighted by atomic mass is 9.82. The predicted molar refractivity (Wildman–Crippen MR) is 258 cm³/mol. The quantitative estimate of drug-likeness (QED) is 0.0569. The average Bonchev–Trinajstić information content (AvgIpc) is 4.04. The molecule has 5 aromatic carbocycles. The van der Waals surface area contributed by atoms with Gasteiger partial charge in [0.1, 0.15) is 0 Å². The van der Waals surface area contributed by atoms with Crippen molar-refractivity contribution in [2.45, 2.75) is 69.6 Å². The first-order chi connectivity index (χ1) is 31.8. The Kier molecular flexibility index (Phi) is 12.2. The Labute approximate surface area is 383 Å². The van der Waals surface area contributed by atoms with E-state index in [1.165, 1.54) is 0 Å². The summed E-state index contributed by atoms with van der Waals surface area (Å²) in [5.41, 5.74) is 5.42. The van der Waals surface area contributed by atoms with E-state index in [0.717, 1.165) is 44.1 Å². The molecule has 0 unspecified atom stereocenters. The van der Waals surface area contributed by atoms with Crippen molar-refractivity contribution in [3.63, 3.8) is 0 Å². The SMILES string of the molecule is C[C@@H]1[C@@H]([Si](C)(C)O)[C@H](CC(=O)N(CCO)Cc2ccccc2)O[C@@]12C(=O)N(Cc1ccc(NC(=O)Cc3c[nH]c4ccccc34)cc1)c1ccc(NC(=O)Cc3c[nH]c4ccccc34)cc12. The van der Waals surface area contributed by atoms with Crippen LogP contribution in [-0.4, -0.2) is 76.0 Å². The third-order valence-corrected chi connectivity index (χ3v) is 15.7. The minimum atomic E-state index is -3.16. The monoisotopic (exact) mass is 902 g/mol. The van der Waals surface area contributed by atoms with Crippen LogP contribution in [0.25, 0.3) is 21.8 Å². The molecular formula is C52H54N6O7Si. The molecule has 14 heteroatoms. The molecule has 1 spiro atoms. The Hall–Kier alpha value is -6.84. The summed E-state index contributed by atoms with van der Waals surface area (Å²) in [6.07, 6.45) is 3.06. The van der Waals surface area contributed by atoms with E-state index >= 15 is 4.79 Å². The Morgan fingerprint density at radius 2 is 1.35 bits per heavy atom. The van der Waals surface area contributed by atoms with Crippen molar-refractivity contribution in [1.29, 1.82) is 0 Å². The van der Waals surface area contributed by atoms with Gasteiger partial charge in [-0.15, -0.1) is 0 Å². The van der Waals surface area contributed by atoms with E-state index in [0.29, 0.717) is 22.6 Å². The summed E-state index contributed by atoms with van der Waals surface area (Å²) in [5, 5.41) is 18.0. The number of benzene rings is 5. The molecule has 4 atom stereocenters. The number of aromatic amines is 2. The highest BCUT2D eigenvalue weighted by atomic mass is 28.4. The smallest absolute Gasteiger partial charge is 0.264 e. The molecule has 2 aromatic heterocycles. The fraction of sp³-hybridized carbons (Fsp3) is 0.269. The second-order valence-electron chi connectivity index (χ2n) is 18.1. The highest BCUT2D eigenvalue weighted by molar-refractivity contribution is 6.71. The number of hydrogen-bond acceptors (Lipinski definition) is 7. The summed E-state index contributed by atoms with van der Waals surface area (Å²) in [4.78, 5) is 78.1. The van der Waals surface area contributed by atoms with E-state index in [9.17, 15) is 24.3 Å². The maximum atomic E-state index is 15.4.